The third kappa shape index (κ3) is 3.36. The smallest absolute Gasteiger partial charge is 0.303 e. The number of carboxylic acids is 1. The molecule has 1 heterocycles. The van der Waals surface area contributed by atoms with Crippen LogP contribution in [0.1, 0.15) is 18.4 Å². The molecule has 0 unspecified atom stereocenters. The number of rotatable bonds is 6. The van der Waals surface area contributed by atoms with E-state index in [1.165, 1.54) is 0 Å². The van der Waals surface area contributed by atoms with Crippen LogP contribution in [0.4, 0.5) is 0 Å². The fourth-order valence-electron chi connectivity index (χ4n) is 1.68. The molecular weight excluding hydrogens is 302 g/mol. The molecule has 0 spiro atoms. The van der Waals surface area contributed by atoms with E-state index in [-0.39, 0.29) is 13.2 Å². The summed E-state index contributed by atoms with van der Waals surface area (Å²) in [5, 5.41) is 11.7. The normalized spacial score (nSPS) is 12.7. The highest BCUT2D eigenvalue weighted by molar-refractivity contribution is 9.10. The fourth-order valence-corrected chi connectivity index (χ4v) is 2.14. The molecule has 0 fully saturated rings. The first-order valence-corrected chi connectivity index (χ1v) is 6.46. The molecule has 0 radical (unpaired) electrons. The van der Waals surface area contributed by atoms with E-state index in [9.17, 15) is 4.79 Å². The maximum atomic E-state index is 10.3. The predicted octanol–water partition coefficient (Wildman–Crippen LogP) is 2.13. The van der Waals surface area contributed by atoms with Gasteiger partial charge in [0.25, 0.3) is 0 Å². The molecule has 5 nitrogen and oxygen atoms in total. The van der Waals surface area contributed by atoms with Crippen LogP contribution in [0.3, 0.4) is 0 Å². The monoisotopic (exact) mass is 315 g/mol. The van der Waals surface area contributed by atoms with E-state index < -0.39 is 5.97 Å². The van der Waals surface area contributed by atoms with Crippen LogP contribution in [0.2, 0.25) is 0 Å². The van der Waals surface area contributed by atoms with Crippen molar-refractivity contribution in [3.05, 3.63) is 22.2 Å². The van der Waals surface area contributed by atoms with Gasteiger partial charge in [-0.15, -0.1) is 0 Å². The van der Waals surface area contributed by atoms with Crippen molar-refractivity contribution < 1.29 is 19.4 Å². The summed E-state index contributed by atoms with van der Waals surface area (Å²) in [5.74, 6) is 0.734. The maximum absolute atomic E-state index is 10.3. The molecule has 18 heavy (non-hydrogen) atoms. The van der Waals surface area contributed by atoms with Crippen molar-refractivity contribution in [1.82, 2.24) is 5.32 Å². The number of aliphatic carboxylic acids is 1. The summed E-state index contributed by atoms with van der Waals surface area (Å²) in [7, 11) is 0. The molecular formula is C12H14BrNO4. The predicted molar refractivity (Wildman–Crippen MR) is 68.8 cm³/mol. The Hall–Kier alpha value is -1.27. The van der Waals surface area contributed by atoms with Crippen molar-refractivity contribution in [2.75, 3.05) is 13.3 Å². The lowest BCUT2D eigenvalue weighted by molar-refractivity contribution is -0.137. The molecule has 0 saturated heterocycles. The zero-order valence-electron chi connectivity index (χ0n) is 9.74. The van der Waals surface area contributed by atoms with Crippen LogP contribution in [0.25, 0.3) is 0 Å². The van der Waals surface area contributed by atoms with Crippen LogP contribution < -0.4 is 14.8 Å². The minimum absolute atomic E-state index is 0.190. The lowest BCUT2D eigenvalue weighted by atomic mass is 10.2. The zero-order valence-corrected chi connectivity index (χ0v) is 11.3. The number of ether oxygens (including phenoxy) is 2. The van der Waals surface area contributed by atoms with Gasteiger partial charge in [-0.2, -0.15) is 0 Å². The SMILES string of the molecule is O=C(O)CCCNCc1cc2c(cc1Br)OCO2. The Kier molecular flexibility index (Phi) is 4.43. The molecule has 0 aliphatic carbocycles. The highest BCUT2D eigenvalue weighted by Gasteiger charge is 2.15. The number of benzene rings is 1. The number of hydrogen-bond acceptors (Lipinski definition) is 4. The van der Waals surface area contributed by atoms with Gasteiger partial charge in [0.1, 0.15) is 0 Å². The summed E-state index contributed by atoms with van der Waals surface area (Å²) in [6, 6.07) is 3.81. The van der Waals surface area contributed by atoms with Gasteiger partial charge in [-0.1, -0.05) is 15.9 Å². The van der Waals surface area contributed by atoms with Gasteiger partial charge < -0.3 is 19.9 Å². The van der Waals surface area contributed by atoms with Crippen LogP contribution in [0.15, 0.2) is 16.6 Å². The number of halogens is 1. The molecule has 2 N–H and O–H groups in total. The van der Waals surface area contributed by atoms with Gasteiger partial charge >= 0.3 is 5.97 Å². The van der Waals surface area contributed by atoms with E-state index in [1.54, 1.807) is 0 Å². The van der Waals surface area contributed by atoms with Crippen LogP contribution in [-0.2, 0) is 11.3 Å². The Bertz CT molecular complexity index is 450. The first kappa shape index (κ1) is 13.2. The topological polar surface area (TPSA) is 67.8 Å². The fraction of sp³-hybridized carbons (Fsp3) is 0.417. The second-order valence-electron chi connectivity index (χ2n) is 3.97. The van der Waals surface area contributed by atoms with E-state index in [0.29, 0.717) is 19.5 Å². The van der Waals surface area contributed by atoms with Gasteiger partial charge in [0.2, 0.25) is 6.79 Å². The Morgan fingerprint density at radius 1 is 1.39 bits per heavy atom. The molecule has 0 aromatic heterocycles. The van der Waals surface area contributed by atoms with E-state index >= 15 is 0 Å². The molecule has 1 aliphatic heterocycles. The summed E-state index contributed by atoms with van der Waals surface area (Å²) >= 11 is 3.47. The number of hydrogen-bond donors (Lipinski definition) is 2. The summed E-state index contributed by atoms with van der Waals surface area (Å²) in [6.07, 6.45) is 0.812. The maximum Gasteiger partial charge on any atom is 0.303 e. The lowest BCUT2D eigenvalue weighted by Gasteiger charge is -2.07. The molecule has 6 heteroatoms. The number of nitrogens with one attached hydrogen (secondary N) is 1. The first-order chi connectivity index (χ1) is 8.66. The summed E-state index contributed by atoms with van der Waals surface area (Å²) in [6.45, 7) is 1.60. The molecule has 2 rings (SSSR count). The molecule has 0 atom stereocenters. The molecule has 98 valence electrons. The Balaban J connectivity index is 1.84. The van der Waals surface area contributed by atoms with Gasteiger partial charge in [0.05, 0.1) is 0 Å². The van der Waals surface area contributed by atoms with Crippen LogP contribution >= 0.6 is 15.9 Å². The van der Waals surface area contributed by atoms with E-state index in [4.69, 9.17) is 14.6 Å². The minimum Gasteiger partial charge on any atom is -0.481 e. The molecule has 1 aliphatic rings. The third-order valence-corrected chi connectivity index (χ3v) is 3.34. The third-order valence-electron chi connectivity index (χ3n) is 2.60. The van der Waals surface area contributed by atoms with Gasteiger partial charge in [0.15, 0.2) is 11.5 Å². The van der Waals surface area contributed by atoms with Gasteiger partial charge in [-0.25, -0.2) is 0 Å². The number of carboxylic acid groups (broad SMARTS) is 1. The van der Waals surface area contributed by atoms with Crippen LogP contribution in [0.5, 0.6) is 11.5 Å². The van der Waals surface area contributed by atoms with Crippen molar-refractivity contribution >= 4 is 21.9 Å². The molecule has 0 amide bonds. The molecule has 0 bridgehead atoms. The van der Waals surface area contributed by atoms with Gasteiger partial charge in [0, 0.05) is 17.4 Å². The quantitative estimate of drug-likeness (QED) is 0.787. The van der Waals surface area contributed by atoms with E-state index in [0.717, 1.165) is 21.5 Å². The minimum atomic E-state index is -0.763. The molecule has 1 aromatic rings. The van der Waals surface area contributed by atoms with E-state index in [2.05, 4.69) is 21.2 Å². The Labute approximate surface area is 113 Å². The average molecular weight is 316 g/mol. The van der Waals surface area contributed by atoms with Crippen LogP contribution in [0, 0.1) is 0 Å². The number of fused-ring (bicyclic) bond motifs is 1. The first-order valence-electron chi connectivity index (χ1n) is 5.67. The highest BCUT2D eigenvalue weighted by Crippen LogP contribution is 2.36. The second-order valence-corrected chi connectivity index (χ2v) is 4.83. The summed E-state index contributed by atoms with van der Waals surface area (Å²) in [4.78, 5) is 10.3. The Morgan fingerprint density at radius 2 is 2.11 bits per heavy atom. The van der Waals surface area contributed by atoms with Crippen molar-refractivity contribution in [1.29, 1.82) is 0 Å². The standard InChI is InChI=1S/C12H14BrNO4/c13-9-5-11-10(17-7-18-11)4-8(9)6-14-3-1-2-12(15)16/h4-5,14H,1-3,6-7H2,(H,15,16). The summed E-state index contributed by atoms with van der Waals surface area (Å²) in [5.41, 5.74) is 1.06. The largest absolute Gasteiger partial charge is 0.481 e. The van der Waals surface area contributed by atoms with Gasteiger partial charge in [-0.3, -0.25) is 4.79 Å². The molecule has 0 saturated carbocycles. The number of carbonyl (C=O) groups is 1. The van der Waals surface area contributed by atoms with Crippen molar-refractivity contribution in [3.63, 3.8) is 0 Å². The molecule has 1 aromatic carbocycles. The van der Waals surface area contributed by atoms with Crippen LogP contribution in [-0.4, -0.2) is 24.4 Å². The average Bonchev–Trinajstić information content (AvgIpc) is 2.75. The lowest BCUT2D eigenvalue weighted by Crippen LogP contribution is -2.16. The second kappa shape index (κ2) is 6.06. The highest BCUT2D eigenvalue weighted by atomic mass is 79.9. The summed E-state index contributed by atoms with van der Waals surface area (Å²) < 4.78 is 11.5. The van der Waals surface area contributed by atoms with E-state index in [1.807, 2.05) is 12.1 Å². The van der Waals surface area contributed by atoms with Crippen molar-refractivity contribution in [2.45, 2.75) is 19.4 Å². The van der Waals surface area contributed by atoms with Crippen molar-refractivity contribution in [2.24, 2.45) is 0 Å². The zero-order chi connectivity index (χ0) is 13.0. The van der Waals surface area contributed by atoms with Gasteiger partial charge in [-0.05, 0) is 30.7 Å². The Morgan fingerprint density at radius 3 is 2.83 bits per heavy atom. The van der Waals surface area contributed by atoms with Crippen molar-refractivity contribution in [3.8, 4) is 11.5 Å².